The molecule has 0 aromatic carbocycles. The minimum Gasteiger partial charge on any atom is -0.314 e. The Hall–Kier alpha value is -0.370. The number of carbonyl (C=O) groups is 1. The SMILES string of the molecule is CCCCCCCCCCCCNC(C)CC(=O)CCCC. The Balaban J connectivity index is 3.23. The standard InChI is InChI=1S/C20H41NO/c1-4-6-8-9-10-11-12-13-14-15-17-21-19(3)18-20(22)16-7-5-2/h19,21H,4-18H2,1-3H3. The molecule has 0 aromatic heterocycles. The van der Waals surface area contributed by atoms with Crippen LogP contribution in [0.1, 0.15) is 111 Å². The van der Waals surface area contributed by atoms with Crippen molar-refractivity contribution in [2.45, 2.75) is 117 Å². The topological polar surface area (TPSA) is 29.1 Å². The first kappa shape index (κ1) is 21.6. The van der Waals surface area contributed by atoms with Gasteiger partial charge in [0.25, 0.3) is 0 Å². The zero-order valence-corrected chi connectivity index (χ0v) is 15.6. The van der Waals surface area contributed by atoms with Gasteiger partial charge in [-0.15, -0.1) is 0 Å². The maximum atomic E-state index is 11.7. The molecule has 0 amide bonds. The second-order valence-electron chi connectivity index (χ2n) is 6.88. The highest BCUT2D eigenvalue weighted by Crippen LogP contribution is 2.10. The fourth-order valence-electron chi connectivity index (χ4n) is 2.85. The van der Waals surface area contributed by atoms with Gasteiger partial charge in [-0.1, -0.05) is 78.1 Å². The fraction of sp³-hybridized carbons (Fsp3) is 0.950. The molecule has 0 aromatic rings. The van der Waals surface area contributed by atoms with Crippen molar-refractivity contribution in [1.29, 1.82) is 0 Å². The molecule has 0 radical (unpaired) electrons. The number of unbranched alkanes of at least 4 members (excludes halogenated alkanes) is 10. The predicted molar refractivity (Wildman–Crippen MR) is 98.5 cm³/mol. The lowest BCUT2D eigenvalue weighted by Crippen LogP contribution is -2.29. The highest BCUT2D eigenvalue weighted by atomic mass is 16.1. The molecule has 0 spiro atoms. The summed E-state index contributed by atoms with van der Waals surface area (Å²) in [4.78, 5) is 11.7. The fourth-order valence-corrected chi connectivity index (χ4v) is 2.85. The number of ketones is 1. The minimum absolute atomic E-state index is 0.350. The summed E-state index contributed by atoms with van der Waals surface area (Å²) in [6.07, 6.45) is 17.4. The number of nitrogens with one attached hydrogen (secondary N) is 1. The van der Waals surface area contributed by atoms with E-state index in [9.17, 15) is 4.79 Å². The molecule has 0 aliphatic heterocycles. The Kier molecular flexibility index (Phi) is 16.7. The van der Waals surface area contributed by atoms with Crippen LogP contribution in [-0.4, -0.2) is 18.4 Å². The molecule has 132 valence electrons. The van der Waals surface area contributed by atoms with Gasteiger partial charge in [0.1, 0.15) is 5.78 Å². The molecule has 0 saturated heterocycles. The molecule has 22 heavy (non-hydrogen) atoms. The Morgan fingerprint density at radius 3 is 1.82 bits per heavy atom. The Labute approximate surface area is 139 Å². The minimum atomic E-state index is 0.350. The van der Waals surface area contributed by atoms with Crippen molar-refractivity contribution in [3.05, 3.63) is 0 Å². The third-order valence-corrected chi connectivity index (χ3v) is 4.37. The van der Waals surface area contributed by atoms with Gasteiger partial charge in [-0.3, -0.25) is 4.79 Å². The van der Waals surface area contributed by atoms with Crippen molar-refractivity contribution in [2.24, 2.45) is 0 Å². The van der Waals surface area contributed by atoms with Gasteiger partial charge in [-0.2, -0.15) is 0 Å². The van der Waals surface area contributed by atoms with Gasteiger partial charge in [0.15, 0.2) is 0 Å². The van der Waals surface area contributed by atoms with E-state index >= 15 is 0 Å². The first-order valence-electron chi connectivity index (χ1n) is 9.95. The number of rotatable bonds is 17. The summed E-state index contributed by atoms with van der Waals surface area (Å²) in [6.45, 7) is 7.62. The summed E-state index contributed by atoms with van der Waals surface area (Å²) in [5.74, 6) is 0.421. The van der Waals surface area contributed by atoms with Crippen molar-refractivity contribution in [1.82, 2.24) is 5.32 Å². The molecule has 1 atom stereocenters. The first-order chi connectivity index (χ1) is 10.7. The highest BCUT2D eigenvalue weighted by Gasteiger charge is 2.07. The average molecular weight is 312 g/mol. The Morgan fingerprint density at radius 1 is 0.773 bits per heavy atom. The number of Topliss-reactive ketones (excluding diaryl/α,β-unsaturated/α-hetero) is 1. The highest BCUT2D eigenvalue weighted by molar-refractivity contribution is 5.78. The first-order valence-corrected chi connectivity index (χ1v) is 9.95. The predicted octanol–water partition coefficient (Wildman–Crippen LogP) is 6.03. The van der Waals surface area contributed by atoms with Crippen LogP contribution in [0.25, 0.3) is 0 Å². The average Bonchev–Trinajstić information content (AvgIpc) is 2.50. The molecule has 0 aliphatic carbocycles. The molecular weight excluding hydrogens is 270 g/mol. The van der Waals surface area contributed by atoms with Crippen LogP contribution in [0.3, 0.4) is 0 Å². The molecule has 0 aliphatic rings. The van der Waals surface area contributed by atoms with Crippen LogP contribution in [0.4, 0.5) is 0 Å². The van der Waals surface area contributed by atoms with Crippen molar-refractivity contribution < 1.29 is 4.79 Å². The second-order valence-corrected chi connectivity index (χ2v) is 6.88. The van der Waals surface area contributed by atoms with Crippen molar-refractivity contribution in [2.75, 3.05) is 6.54 Å². The van der Waals surface area contributed by atoms with E-state index in [2.05, 4.69) is 26.1 Å². The Morgan fingerprint density at radius 2 is 1.27 bits per heavy atom. The van der Waals surface area contributed by atoms with Gasteiger partial charge >= 0.3 is 0 Å². The van der Waals surface area contributed by atoms with Crippen LogP contribution in [0.2, 0.25) is 0 Å². The summed E-state index contributed by atoms with van der Waals surface area (Å²) in [7, 11) is 0. The number of carbonyl (C=O) groups excluding carboxylic acids is 1. The lowest BCUT2D eigenvalue weighted by Gasteiger charge is -2.12. The molecule has 2 nitrogen and oxygen atoms in total. The van der Waals surface area contributed by atoms with Gasteiger partial charge < -0.3 is 5.32 Å². The largest absolute Gasteiger partial charge is 0.314 e. The second kappa shape index (κ2) is 17.0. The summed E-state index contributed by atoms with van der Waals surface area (Å²) >= 11 is 0. The molecule has 1 N–H and O–H groups in total. The maximum absolute atomic E-state index is 11.7. The smallest absolute Gasteiger partial charge is 0.134 e. The van der Waals surface area contributed by atoms with E-state index in [1.165, 1.54) is 64.2 Å². The monoisotopic (exact) mass is 311 g/mol. The molecule has 2 heteroatoms. The zero-order chi connectivity index (χ0) is 16.5. The van der Waals surface area contributed by atoms with Crippen LogP contribution >= 0.6 is 0 Å². The number of hydrogen-bond acceptors (Lipinski definition) is 2. The van der Waals surface area contributed by atoms with Crippen molar-refractivity contribution in [3.8, 4) is 0 Å². The van der Waals surface area contributed by atoms with E-state index < -0.39 is 0 Å². The lowest BCUT2D eigenvalue weighted by molar-refractivity contribution is -0.119. The van der Waals surface area contributed by atoms with Gasteiger partial charge in [-0.05, 0) is 26.3 Å². The van der Waals surface area contributed by atoms with E-state index in [1.54, 1.807) is 0 Å². The summed E-state index contributed by atoms with van der Waals surface area (Å²) in [5.41, 5.74) is 0. The molecule has 0 saturated carbocycles. The van der Waals surface area contributed by atoms with Gasteiger partial charge in [-0.25, -0.2) is 0 Å². The third kappa shape index (κ3) is 16.0. The summed E-state index contributed by atoms with van der Waals surface area (Å²) in [5, 5.41) is 3.49. The normalized spacial score (nSPS) is 12.5. The van der Waals surface area contributed by atoms with E-state index in [1.807, 2.05) is 0 Å². The zero-order valence-electron chi connectivity index (χ0n) is 15.6. The van der Waals surface area contributed by atoms with Crippen LogP contribution in [0, 0.1) is 0 Å². The van der Waals surface area contributed by atoms with Crippen LogP contribution in [0.5, 0.6) is 0 Å². The molecule has 0 fully saturated rings. The van der Waals surface area contributed by atoms with Gasteiger partial charge in [0, 0.05) is 18.9 Å². The third-order valence-electron chi connectivity index (χ3n) is 4.37. The van der Waals surface area contributed by atoms with Crippen LogP contribution < -0.4 is 5.32 Å². The number of hydrogen-bond donors (Lipinski definition) is 1. The van der Waals surface area contributed by atoms with Crippen molar-refractivity contribution >= 4 is 5.78 Å². The summed E-state index contributed by atoms with van der Waals surface area (Å²) in [6, 6.07) is 0.350. The van der Waals surface area contributed by atoms with Gasteiger partial charge in [0.05, 0.1) is 0 Å². The Bertz CT molecular complexity index is 240. The lowest BCUT2D eigenvalue weighted by atomic mass is 10.1. The van der Waals surface area contributed by atoms with Crippen molar-refractivity contribution in [3.63, 3.8) is 0 Å². The van der Waals surface area contributed by atoms with E-state index in [0.29, 0.717) is 18.2 Å². The van der Waals surface area contributed by atoms with Gasteiger partial charge in [0.2, 0.25) is 0 Å². The van der Waals surface area contributed by atoms with E-state index in [4.69, 9.17) is 0 Å². The quantitative estimate of drug-likeness (QED) is 0.332. The van der Waals surface area contributed by atoms with E-state index in [0.717, 1.165) is 25.8 Å². The molecule has 1 unspecified atom stereocenters. The molecule has 0 heterocycles. The molecule has 0 rings (SSSR count). The summed E-state index contributed by atoms with van der Waals surface area (Å²) < 4.78 is 0. The van der Waals surface area contributed by atoms with Crippen LogP contribution in [-0.2, 0) is 4.79 Å². The van der Waals surface area contributed by atoms with E-state index in [-0.39, 0.29) is 0 Å². The van der Waals surface area contributed by atoms with Crippen LogP contribution in [0.15, 0.2) is 0 Å². The maximum Gasteiger partial charge on any atom is 0.134 e. The molecular formula is C20H41NO. The molecule has 0 bridgehead atoms.